The van der Waals surface area contributed by atoms with Crippen LogP contribution in [0.3, 0.4) is 0 Å². The van der Waals surface area contributed by atoms with Crippen molar-refractivity contribution in [3.63, 3.8) is 0 Å². The van der Waals surface area contributed by atoms with Crippen LogP contribution >= 0.6 is 0 Å². The number of carbonyl (C=O) groups is 2. The molecule has 0 aromatic heterocycles. The number of nitrogens with one attached hydrogen (secondary N) is 3. The van der Waals surface area contributed by atoms with Crippen LogP contribution in [-0.2, 0) is 4.79 Å². The van der Waals surface area contributed by atoms with Crippen molar-refractivity contribution >= 4 is 17.5 Å². The summed E-state index contributed by atoms with van der Waals surface area (Å²) >= 11 is 0. The molecule has 114 valence electrons. The lowest BCUT2D eigenvalue weighted by Gasteiger charge is -2.17. The average molecular weight is 289 g/mol. The predicted octanol–water partition coefficient (Wildman–Crippen LogP) is 1.68. The number of aryl methyl sites for hydroxylation is 1. The minimum atomic E-state index is -0.132. The molecule has 1 aliphatic rings. The highest BCUT2D eigenvalue weighted by atomic mass is 16.2. The normalized spacial score (nSPS) is 21.1. The summed E-state index contributed by atoms with van der Waals surface area (Å²) in [5, 5.41) is 8.93. The van der Waals surface area contributed by atoms with Crippen molar-refractivity contribution in [3.8, 4) is 0 Å². The summed E-state index contributed by atoms with van der Waals surface area (Å²) in [4.78, 5) is 24.0. The monoisotopic (exact) mass is 289 g/mol. The quantitative estimate of drug-likeness (QED) is 0.790. The predicted molar refractivity (Wildman–Crippen MR) is 83.4 cm³/mol. The van der Waals surface area contributed by atoms with Crippen molar-refractivity contribution in [1.82, 2.24) is 10.6 Å². The van der Waals surface area contributed by atoms with Crippen LogP contribution in [0, 0.1) is 12.8 Å². The van der Waals surface area contributed by atoms with Crippen molar-refractivity contribution in [2.45, 2.75) is 33.2 Å². The number of anilines is 1. The van der Waals surface area contributed by atoms with Crippen molar-refractivity contribution in [2.75, 3.05) is 18.4 Å². The molecule has 3 N–H and O–H groups in total. The standard InChI is InChI=1S/C16H23N3O2/c1-4-17-15(20)12-5-6-13(11(3)9-12)19-16(21)14-10(2)7-8-18-14/h5-6,9-10,14,18H,4,7-8H2,1-3H3,(H,17,20)(H,19,21). The molecular weight excluding hydrogens is 266 g/mol. The van der Waals surface area contributed by atoms with E-state index in [1.807, 2.05) is 13.8 Å². The SMILES string of the molecule is CCNC(=O)c1ccc(NC(=O)C2NCCC2C)c(C)c1. The zero-order chi connectivity index (χ0) is 15.4. The van der Waals surface area contributed by atoms with Crippen LogP contribution in [-0.4, -0.2) is 30.9 Å². The molecule has 1 fully saturated rings. The molecule has 0 aliphatic carbocycles. The van der Waals surface area contributed by atoms with E-state index >= 15 is 0 Å². The number of amides is 2. The number of carbonyl (C=O) groups excluding carboxylic acids is 2. The lowest BCUT2D eigenvalue weighted by molar-refractivity contribution is -0.118. The largest absolute Gasteiger partial charge is 0.352 e. The van der Waals surface area contributed by atoms with Crippen molar-refractivity contribution in [3.05, 3.63) is 29.3 Å². The molecular formula is C16H23N3O2. The van der Waals surface area contributed by atoms with Gasteiger partial charge in [-0.15, -0.1) is 0 Å². The Morgan fingerprint density at radius 3 is 2.71 bits per heavy atom. The van der Waals surface area contributed by atoms with Gasteiger partial charge in [0.1, 0.15) is 0 Å². The van der Waals surface area contributed by atoms with Crippen LogP contribution in [0.4, 0.5) is 5.69 Å². The van der Waals surface area contributed by atoms with E-state index in [4.69, 9.17) is 0 Å². The van der Waals surface area contributed by atoms with E-state index in [9.17, 15) is 9.59 Å². The molecule has 5 heteroatoms. The maximum Gasteiger partial charge on any atom is 0.251 e. The molecule has 1 aliphatic heterocycles. The van der Waals surface area contributed by atoms with Crippen LogP contribution in [0.5, 0.6) is 0 Å². The summed E-state index contributed by atoms with van der Waals surface area (Å²) in [5.41, 5.74) is 2.26. The Morgan fingerprint density at radius 2 is 2.14 bits per heavy atom. The van der Waals surface area contributed by atoms with Crippen molar-refractivity contribution in [1.29, 1.82) is 0 Å². The van der Waals surface area contributed by atoms with E-state index in [-0.39, 0.29) is 17.9 Å². The zero-order valence-electron chi connectivity index (χ0n) is 12.8. The third-order valence-corrected chi connectivity index (χ3v) is 3.90. The third kappa shape index (κ3) is 3.61. The molecule has 5 nitrogen and oxygen atoms in total. The Morgan fingerprint density at radius 1 is 1.38 bits per heavy atom. The molecule has 21 heavy (non-hydrogen) atoms. The molecule has 0 radical (unpaired) electrons. The van der Waals surface area contributed by atoms with Gasteiger partial charge in [0.25, 0.3) is 5.91 Å². The first-order valence-electron chi connectivity index (χ1n) is 7.46. The van der Waals surface area contributed by atoms with Gasteiger partial charge in [-0.3, -0.25) is 9.59 Å². The van der Waals surface area contributed by atoms with Crippen LogP contribution in [0.15, 0.2) is 18.2 Å². The summed E-state index contributed by atoms with van der Waals surface area (Å²) in [6.07, 6.45) is 1.02. The number of benzene rings is 1. The van der Waals surface area contributed by atoms with Gasteiger partial charge in [0.2, 0.25) is 5.91 Å². The highest BCUT2D eigenvalue weighted by Gasteiger charge is 2.29. The summed E-state index contributed by atoms with van der Waals surface area (Å²) in [5.74, 6) is 0.248. The number of rotatable bonds is 4. The molecule has 2 atom stereocenters. The van der Waals surface area contributed by atoms with E-state index in [0.717, 1.165) is 24.2 Å². The molecule has 0 spiro atoms. The summed E-state index contributed by atoms with van der Waals surface area (Å²) in [7, 11) is 0. The Balaban J connectivity index is 2.07. The van der Waals surface area contributed by atoms with E-state index < -0.39 is 0 Å². The Hall–Kier alpha value is -1.88. The van der Waals surface area contributed by atoms with Gasteiger partial charge in [-0.05, 0) is 56.5 Å². The topological polar surface area (TPSA) is 70.2 Å². The second kappa shape index (κ2) is 6.72. The van der Waals surface area contributed by atoms with Gasteiger partial charge >= 0.3 is 0 Å². The van der Waals surface area contributed by atoms with E-state index in [0.29, 0.717) is 18.0 Å². The number of hydrogen-bond donors (Lipinski definition) is 3. The van der Waals surface area contributed by atoms with Gasteiger partial charge < -0.3 is 16.0 Å². The van der Waals surface area contributed by atoms with E-state index in [1.165, 1.54) is 0 Å². The average Bonchev–Trinajstić information content (AvgIpc) is 2.87. The summed E-state index contributed by atoms with van der Waals surface area (Å²) in [6, 6.07) is 5.19. The third-order valence-electron chi connectivity index (χ3n) is 3.90. The number of hydrogen-bond acceptors (Lipinski definition) is 3. The van der Waals surface area contributed by atoms with Crippen LogP contribution in [0.1, 0.15) is 36.2 Å². The fraction of sp³-hybridized carbons (Fsp3) is 0.500. The summed E-state index contributed by atoms with van der Waals surface area (Å²) in [6.45, 7) is 7.34. The van der Waals surface area contributed by atoms with Gasteiger partial charge in [0.05, 0.1) is 6.04 Å². The maximum absolute atomic E-state index is 12.2. The van der Waals surface area contributed by atoms with Gasteiger partial charge in [-0.2, -0.15) is 0 Å². The Kier molecular flexibility index (Phi) is 4.96. The minimum Gasteiger partial charge on any atom is -0.352 e. The molecule has 0 saturated carbocycles. The summed E-state index contributed by atoms with van der Waals surface area (Å²) < 4.78 is 0. The fourth-order valence-corrected chi connectivity index (χ4v) is 2.60. The van der Waals surface area contributed by atoms with Gasteiger partial charge in [0.15, 0.2) is 0 Å². The lowest BCUT2D eigenvalue weighted by atomic mass is 10.0. The highest BCUT2D eigenvalue weighted by Crippen LogP contribution is 2.20. The second-order valence-electron chi connectivity index (χ2n) is 5.58. The fourth-order valence-electron chi connectivity index (χ4n) is 2.60. The molecule has 1 saturated heterocycles. The van der Waals surface area contributed by atoms with E-state index in [1.54, 1.807) is 18.2 Å². The van der Waals surface area contributed by atoms with Crippen molar-refractivity contribution in [2.24, 2.45) is 5.92 Å². The van der Waals surface area contributed by atoms with Crippen molar-refractivity contribution < 1.29 is 9.59 Å². The Labute approximate surface area is 125 Å². The maximum atomic E-state index is 12.2. The first-order chi connectivity index (χ1) is 10.0. The van der Waals surface area contributed by atoms with E-state index in [2.05, 4.69) is 22.9 Å². The molecule has 2 unspecified atom stereocenters. The van der Waals surface area contributed by atoms with Gasteiger partial charge in [-0.1, -0.05) is 6.92 Å². The molecule has 2 amide bonds. The first kappa shape index (κ1) is 15.5. The first-order valence-corrected chi connectivity index (χ1v) is 7.46. The van der Waals surface area contributed by atoms with Crippen LogP contribution in [0.25, 0.3) is 0 Å². The molecule has 1 aromatic rings. The Bertz CT molecular complexity index is 542. The smallest absolute Gasteiger partial charge is 0.251 e. The lowest BCUT2D eigenvalue weighted by Crippen LogP contribution is -2.39. The molecule has 1 heterocycles. The zero-order valence-corrected chi connectivity index (χ0v) is 12.8. The second-order valence-corrected chi connectivity index (χ2v) is 5.58. The molecule has 1 aromatic carbocycles. The molecule has 0 bridgehead atoms. The van der Waals surface area contributed by atoms with Crippen LogP contribution < -0.4 is 16.0 Å². The van der Waals surface area contributed by atoms with Crippen LogP contribution in [0.2, 0.25) is 0 Å². The van der Waals surface area contributed by atoms with Gasteiger partial charge in [0, 0.05) is 17.8 Å². The van der Waals surface area contributed by atoms with Gasteiger partial charge in [-0.25, -0.2) is 0 Å². The minimum absolute atomic E-state index is 0.00569. The highest BCUT2D eigenvalue weighted by molar-refractivity contribution is 5.98. The molecule has 2 rings (SSSR count).